The van der Waals surface area contributed by atoms with E-state index < -0.39 is 0 Å². The van der Waals surface area contributed by atoms with E-state index in [1.165, 1.54) is 12.1 Å². The molecule has 0 aliphatic rings. The molecule has 0 saturated heterocycles. The third-order valence-electron chi connectivity index (χ3n) is 2.72. The maximum atomic E-state index is 13.2. The van der Waals surface area contributed by atoms with Crippen LogP contribution in [0.3, 0.4) is 0 Å². The minimum absolute atomic E-state index is 0.0346. The first-order chi connectivity index (χ1) is 10.7. The second-order valence-electron chi connectivity index (χ2n) is 4.38. The molecule has 1 heterocycles. The van der Waals surface area contributed by atoms with Gasteiger partial charge >= 0.3 is 0 Å². The van der Waals surface area contributed by atoms with Crippen molar-refractivity contribution in [3.63, 3.8) is 0 Å². The summed E-state index contributed by atoms with van der Waals surface area (Å²) in [4.78, 5) is 12.2. The van der Waals surface area contributed by atoms with Crippen LogP contribution in [0.5, 0.6) is 0 Å². The summed E-state index contributed by atoms with van der Waals surface area (Å²) in [6.07, 6.45) is 0. The van der Waals surface area contributed by atoms with Gasteiger partial charge in [0.25, 0.3) is 0 Å². The fourth-order valence-electron chi connectivity index (χ4n) is 1.81. The third kappa shape index (κ3) is 3.67. The summed E-state index contributed by atoms with van der Waals surface area (Å²) in [6.45, 7) is 0. The first-order valence-electron chi connectivity index (χ1n) is 6.45. The lowest BCUT2D eigenvalue weighted by molar-refractivity contribution is 0.628. The van der Waals surface area contributed by atoms with Gasteiger partial charge in [-0.1, -0.05) is 24.3 Å². The highest BCUT2D eigenvalue weighted by atomic mass is 35.5. The number of hydrogen-bond acceptors (Lipinski definition) is 5. The van der Waals surface area contributed by atoms with Gasteiger partial charge in [0.2, 0.25) is 17.2 Å². The van der Waals surface area contributed by atoms with Crippen LogP contribution in [0.15, 0.2) is 54.6 Å². The van der Waals surface area contributed by atoms with E-state index in [1.54, 1.807) is 12.1 Å². The number of aromatic nitrogens is 3. The molecular formula is C15H11ClFN5. The van der Waals surface area contributed by atoms with Crippen molar-refractivity contribution in [2.24, 2.45) is 0 Å². The summed E-state index contributed by atoms with van der Waals surface area (Å²) in [5, 5.41) is 5.94. The fraction of sp³-hybridized carbons (Fsp3) is 0. The molecule has 2 aromatic carbocycles. The normalized spacial score (nSPS) is 10.3. The van der Waals surface area contributed by atoms with Gasteiger partial charge in [0.05, 0.1) is 0 Å². The van der Waals surface area contributed by atoms with Crippen molar-refractivity contribution in [1.29, 1.82) is 0 Å². The van der Waals surface area contributed by atoms with E-state index in [4.69, 9.17) is 11.6 Å². The zero-order valence-corrected chi connectivity index (χ0v) is 12.0. The molecule has 0 unspecified atom stereocenters. The van der Waals surface area contributed by atoms with E-state index in [1.807, 2.05) is 30.3 Å². The molecule has 0 spiro atoms. The minimum Gasteiger partial charge on any atom is -0.324 e. The Morgan fingerprint density at radius 3 is 2.09 bits per heavy atom. The Bertz CT molecular complexity index is 782. The first kappa shape index (κ1) is 14.2. The molecule has 0 saturated carbocycles. The summed E-state index contributed by atoms with van der Waals surface area (Å²) in [6, 6.07) is 15.4. The van der Waals surface area contributed by atoms with Crippen LogP contribution >= 0.6 is 11.6 Å². The Balaban J connectivity index is 1.83. The van der Waals surface area contributed by atoms with E-state index in [2.05, 4.69) is 25.6 Å². The lowest BCUT2D eigenvalue weighted by Crippen LogP contribution is -2.04. The SMILES string of the molecule is Fc1cccc(Nc2nc(Cl)nc(Nc3ccccc3)n2)c1. The van der Waals surface area contributed by atoms with Crippen LogP contribution < -0.4 is 10.6 Å². The topological polar surface area (TPSA) is 62.7 Å². The van der Waals surface area contributed by atoms with Crippen molar-refractivity contribution in [2.45, 2.75) is 0 Å². The minimum atomic E-state index is -0.354. The zero-order chi connectivity index (χ0) is 15.4. The molecule has 110 valence electrons. The van der Waals surface area contributed by atoms with E-state index in [9.17, 15) is 4.39 Å². The Morgan fingerprint density at radius 2 is 1.41 bits per heavy atom. The average molecular weight is 316 g/mol. The predicted octanol–water partition coefficient (Wildman–Crippen LogP) is 4.15. The third-order valence-corrected chi connectivity index (χ3v) is 2.89. The van der Waals surface area contributed by atoms with Crippen LogP contribution in [-0.4, -0.2) is 15.0 Å². The van der Waals surface area contributed by atoms with E-state index in [0.29, 0.717) is 11.6 Å². The fourth-order valence-corrected chi connectivity index (χ4v) is 1.97. The molecule has 0 bridgehead atoms. The quantitative estimate of drug-likeness (QED) is 0.757. The van der Waals surface area contributed by atoms with Gasteiger partial charge < -0.3 is 10.6 Å². The second-order valence-corrected chi connectivity index (χ2v) is 4.72. The van der Waals surface area contributed by atoms with Gasteiger partial charge in [0.15, 0.2) is 0 Å². The number of rotatable bonds is 4. The molecular weight excluding hydrogens is 305 g/mol. The number of benzene rings is 2. The van der Waals surface area contributed by atoms with Gasteiger partial charge in [-0.05, 0) is 41.9 Å². The molecule has 0 atom stereocenters. The van der Waals surface area contributed by atoms with Gasteiger partial charge in [-0.3, -0.25) is 0 Å². The Morgan fingerprint density at radius 1 is 0.773 bits per heavy atom. The van der Waals surface area contributed by atoms with E-state index in [-0.39, 0.29) is 17.0 Å². The van der Waals surface area contributed by atoms with Crippen LogP contribution in [0.4, 0.5) is 27.7 Å². The molecule has 0 amide bonds. The molecule has 2 N–H and O–H groups in total. The second kappa shape index (κ2) is 6.36. The van der Waals surface area contributed by atoms with Crippen molar-refractivity contribution in [3.8, 4) is 0 Å². The highest BCUT2D eigenvalue weighted by Gasteiger charge is 2.06. The number of para-hydroxylation sites is 1. The molecule has 0 aliphatic heterocycles. The summed E-state index contributed by atoms with van der Waals surface area (Å²) < 4.78 is 13.2. The van der Waals surface area contributed by atoms with E-state index >= 15 is 0 Å². The Kier molecular flexibility index (Phi) is 4.11. The monoisotopic (exact) mass is 315 g/mol. The van der Waals surface area contributed by atoms with E-state index in [0.717, 1.165) is 5.69 Å². The highest BCUT2D eigenvalue weighted by molar-refractivity contribution is 6.28. The van der Waals surface area contributed by atoms with Gasteiger partial charge in [0, 0.05) is 11.4 Å². The van der Waals surface area contributed by atoms with Crippen molar-refractivity contribution in [3.05, 3.63) is 65.7 Å². The lowest BCUT2D eigenvalue weighted by Gasteiger charge is -2.08. The summed E-state index contributed by atoms with van der Waals surface area (Å²) in [5.74, 6) is 0.168. The van der Waals surface area contributed by atoms with Gasteiger partial charge in [-0.25, -0.2) is 4.39 Å². The van der Waals surface area contributed by atoms with Crippen LogP contribution in [-0.2, 0) is 0 Å². The number of nitrogens with zero attached hydrogens (tertiary/aromatic N) is 3. The van der Waals surface area contributed by atoms with Crippen LogP contribution in [0.2, 0.25) is 5.28 Å². The molecule has 0 fully saturated rings. The number of anilines is 4. The standard InChI is InChI=1S/C15H11ClFN5/c16-13-20-14(18-11-6-2-1-3-7-11)22-15(21-13)19-12-8-4-5-10(17)9-12/h1-9H,(H2,18,19,20,21,22). The Hall–Kier alpha value is -2.73. The van der Waals surface area contributed by atoms with Crippen molar-refractivity contribution in [1.82, 2.24) is 15.0 Å². The number of hydrogen-bond donors (Lipinski definition) is 2. The molecule has 0 aliphatic carbocycles. The largest absolute Gasteiger partial charge is 0.324 e. The van der Waals surface area contributed by atoms with Gasteiger partial charge in [0.1, 0.15) is 5.82 Å². The molecule has 3 rings (SSSR count). The summed E-state index contributed by atoms with van der Waals surface area (Å²) in [5.41, 5.74) is 1.34. The van der Waals surface area contributed by atoms with Gasteiger partial charge in [-0.15, -0.1) is 0 Å². The van der Waals surface area contributed by atoms with Crippen molar-refractivity contribution < 1.29 is 4.39 Å². The summed E-state index contributed by atoms with van der Waals surface area (Å²) >= 11 is 5.90. The number of halogens is 2. The van der Waals surface area contributed by atoms with Crippen LogP contribution in [0, 0.1) is 5.82 Å². The maximum Gasteiger partial charge on any atom is 0.233 e. The molecule has 1 aromatic heterocycles. The van der Waals surface area contributed by atoms with Crippen molar-refractivity contribution in [2.75, 3.05) is 10.6 Å². The molecule has 0 radical (unpaired) electrons. The van der Waals surface area contributed by atoms with Gasteiger partial charge in [-0.2, -0.15) is 15.0 Å². The molecule has 5 nitrogen and oxygen atoms in total. The molecule has 3 aromatic rings. The van der Waals surface area contributed by atoms with Crippen LogP contribution in [0.25, 0.3) is 0 Å². The molecule has 22 heavy (non-hydrogen) atoms. The molecule has 7 heteroatoms. The smallest absolute Gasteiger partial charge is 0.233 e. The zero-order valence-electron chi connectivity index (χ0n) is 11.3. The highest BCUT2D eigenvalue weighted by Crippen LogP contribution is 2.18. The average Bonchev–Trinajstić information content (AvgIpc) is 2.47. The Labute approximate surface area is 131 Å². The summed E-state index contributed by atoms with van der Waals surface area (Å²) in [7, 11) is 0. The maximum absolute atomic E-state index is 13.2. The first-order valence-corrected chi connectivity index (χ1v) is 6.83. The van der Waals surface area contributed by atoms with Crippen LogP contribution in [0.1, 0.15) is 0 Å². The van der Waals surface area contributed by atoms with Crippen molar-refractivity contribution >= 4 is 34.9 Å². The predicted molar refractivity (Wildman–Crippen MR) is 84.2 cm³/mol. The number of nitrogens with one attached hydrogen (secondary N) is 2. The lowest BCUT2D eigenvalue weighted by atomic mass is 10.3.